The van der Waals surface area contributed by atoms with Crippen molar-refractivity contribution in [2.75, 3.05) is 19.6 Å². The summed E-state index contributed by atoms with van der Waals surface area (Å²) in [5.41, 5.74) is 2.97. The van der Waals surface area contributed by atoms with E-state index in [-0.39, 0.29) is 17.4 Å². The summed E-state index contributed by atoms with van der Waals surface area (Å²) in [6.45, 7) is 4.68. The van der Waals surface area contributed by atoms with Crippen molar-refractivity contribution in [2.45, 2.75) is 52.1 Å². The third kappa shape index (κ3) is 4.69. The SMILES string of the molecule is CCCC(=O)N1CCc2c(cn(CCc3ccccc3)c(=O)c2C(=O)N2CC=CCC2)C1. The van der Waals surface area contributed by atoms with E-state index in [9.17, 15) is 14.4 Å². The van der Waals surface area contributed by atoms with Gasteiger partial charge in [-0.15, -0.1) is 0 Å². The van der Waals surface area contributed by atoms with Crippen LogP contribution in [0, 0.1) is 0 Å². The van der Waals surface area contributed by atoms with Gasteiger partial charge in [0.25, 0.3) is 11.5 Å². The Bertz CT molecular complexity index is 1070. The fraction of sp³-hybridized carbons (Fsp3) is 0.423. The second kappa shape index (κ2) is 9.98. The van der Waals surface area contributed by atoms with Crippen LogP contribution in [0.25, 0.3) is 0 Å². The molecule has 0 saturated carbocycles. The summed E-state index contributed by atoms with van der Waals surface area (Å²) in [6.07, 6.45) is 9.32. The number of aryl methyl sites for hydroxylation is 2. The molecule has 0 saturated heterocycles. The lowest BCUT2D eigenvalue weighted by molar-refractivity contribution is -0.132. The van der Waals surface area contributed by atoms with Crippen molar-refractivity contribution in [1.82, 2.24) is 14.4 Å². The third-order valence-electron chi connectivity index (χ3n) is 6.33. The first-order chi connectivity index (χ1) is 15.6. The predicted molar refractivity (Wildman–Crippen MR) is 125 cm³/mol. The van der Waals surface area contributed by atoms with Gasteiger partial charge in [0.15, 0.2) is 0 Å². The molecule has 0 aliphatic carbocycles. The third-order valence-corrected chi connectivity index (χ3v) is 6.33. The second-order valence-electron chi connectivity index (χ2n) is 8.57. The van der Waals surface area contributed by atoms with Crippen LogP contribution < -0.4 is 5.56 Å². The monoisotopic (exact) mass is 433 g/mol. The number of hydrogen-bond acceptors (Lipinski definition) is 3. The minimum Gasteiger partial charge on any atom is -0.338 e. The van der Waals surface area contributed by atoms with Crippen molar-refractivity contribution in [1.29, 1.82) is 0 Å². The van der Waals surface area contributed by atoms with Gasteiger partial charge in [-0.2, -0.15) is 0 Å². The zero-order valence-corrected chi connectivity index (χ0v) is 18.8. The molecule has 0 spiro atoms. The molecule has 6 heteroatoms. The number of rotatable bonds is 6. The van der Waals surface area contributed by atoms with E-state index in [4.69, 9.17) is 0 Å². The molecule has 2 amide bonds. The van der Waals surface area contributed by atoms with Gasteiger partial charge in [-0.25, -0.2) is 0 Å². The van der Waals surface area contributed by atoms with Crippen LogP contribution in [0.2, 0.25) is 0 Å². The number of hydrogen-bond donors (Lipinski definition) is 0. The van der Waals surface area contributed by atoms with Gasteiger partial charge in [0.05, 0.1) is 0 Å². The average Bonchev–Trinajstić information content (AvgIpc) is 2.83. The topological polar surface area (TPSA) is 62.6 Å². The highest BCUT2D eigenvalue weighted by Gasteiger charge is 2.30. The number of benzene rings is 1. The Morgan fingerprint density at radius 2 is 1.84 bits per heavy atom. The first kappa shape index (κ1) is 22.1. The molecular formula is C26H31N3O3. The van der Waals surface area contributed by atoms with E-state index in [1.54, 1.807) is 9.47 Å². The van der Waals surface area contributed by atoms with Crippen LogP contribution >= 0.6 is 0 Å². The highest BCUT2D eigenvalue weighted by atomic mass is 16.2. The summed E-state index contributed by atoms with van der Waals surface area (Å²) in [5, 5.41) is 0. The zero-order chi connectivity index (χ0) is 22.5. The molecule has 1 aromatic heterocycles. The fourth-order valence-corrected chi connectivity index (χ4v) is 4.56. The maximum atomic E-state index is 13.5. The van der Waals surface area contributed by atoms with Crippen molar-refractivity contribution < 1.29 is 9.59 Å². The molecular weight excluding hydrogens is 402 g/mol. The van der Waals surface area contributed by atoms with E-state index in [1.807, 2.05) is 54.4 Å². The van der Waals surface area contributed by atoms with Gasteiger partial charge < -0.3 is 14.4 Å². The van der Waals surface area contributed by atoms with Gasteiger partial charge in [0.2, 0.25) is 5.91 Å². The van der Waals surface area contributed by atoms with Gasteiger partial charge in [-0.3, -0.25) is 14.4 Å². The molecule has 32 heavy (non-hydrogen) atoms. The smallest absolute Gasteiger partial charge is 0.263 e. The van der Waals surface area contributed by atoms with Crippen LogP contribution in [0.1, 0.15) is 53.2 Å². The number of amides is 2. The standard InChI is InChI=1S/C26H31N3O3/c1-2-9-23(30)28-17-13-22-21(18-28)19-29(16-12-20-10-5-3-6-11-20)26(32)24(22)25(31)27-14-7-4-8-15-27/h3-7,10-11,19H,2,8-9,12-18H2,1H3. The molecule has 0 atom stereocenters. The Morgan fingerprint density at radius 3 is 2.56 bits per heavy atom. The van der Waals surface area contributed by atoms with Crippen molar-refractivity contribution in [3.63, 3.8) is 0 Å². The van der Waals surface area contributed by atoms with Crippen LogP contribution in [0.15, 0.2) is 53.5 Å². The second-order valence-corrected chi connectivity index (χ2v) is 8.57. The number of nitrogens with zero attached hydrogens (tertiary/aromatic N) is 3. The Labute approximate surface area is 189 Å². The van der Waals surface area contributed by atoms with E-state index in [1.165, 1.54) is 0 Å². The van der Waals surface area contributed by atoms with Crippen LogP contribution in [-0.2, 0) is 30.7 Å². The maximum absolute atomic E-state index is 13.5. The predicted octanol–water partition coefficient (Wildman–Crippen LogP) is 3.18. The Morgan fingerprint density at radius 1 is 1.03 bits per heavy atom. The van der Waals surface area contributed by atoms with E-state index < -0.39 is 0 Å². The molecule has 168 valence electrons. The van der Waals surface area contributed by atoms with E-state index in [0.717, 1.165) is 29.5 Å². The van der Waals surface area contributed by atoms with Crippen molar-refractivity contribution >= 4 is 11.8 Å². The van der Waals surface area contributed by atoms with E-state index in [0.29, 0.717) is 57.5 Å². The van der Waals surface area contributed by atoms with Gasteiger partial charge >= 0.3 is 0 Å². The van der Waals surface area contributed by atoms with Gasteiger partial charge in [0.1, 0.15) is 5.56 Å². The first-order valence-electron chi connectivity index (χ1n) is 11.6. The molecule has 0 fully saturated rings. The molecule has 2 aliphatic rings. The molecule has 1 aromatic carbocycles. The maximum Gasteiger partial charge on any atom is 0.263 e. The number of carbonyl (C=O) groups excluding carboxylic acids is 2. The zero-order valence-electron chi connectivity index (χ0n) is 18.8. The summed E-state index contributed by atoms with van der Waals surface area (Å²) in [7, 11) is 0. The molecule has 4 rings (SSSR count). The van der Waals surface area contributed by atoms with Gasteiger partial charge in [-0.05, 0) is 42.4 Å². The molecule has 2 aliphatic heterocycles. The number of pyridine rings is 1. The van der Waals surface area contributed by atoms with Crippen LogP contribution in [0.5, 0.6) is 0 Å². The first-order valence-corrected chi connectivity index (χ1v) is 11.6. The van der Waals surface area contributed by atoms with Crippen molar-refractivity contribution in [2.24, 2.45) is 0 Å². The summed E-state index contributed by atoms with van der Waals surface area (Å²) in [5.74, 6) is -0.0489. The largest absolute Gasteiger partial charge is 0.338 e. The molecule has 2 aromatic rings. The van der Waals surface area contributed by atoms with Crippen molar-refractivity contribution in [3.8, 4) is 0 Å². The summed E-state index contributed by atoms with van der Waals surface area (Å²) >= 11 is 0. The molecule has 0 radical (unpaired) electrons. The number of aromatic nitrogens is 1. The molecule has 6 nitrogen and oxygen atoms in total. The lowest BCUT2D eigenvalue weighted by Crippen LogP contribution is -2.43. The lowest BCUT2D eigenvalue weighted by Gasteiger charge is -2.32. The van der Waals surface area contributed by atoms with Gasteiger partial charge in [0, 0.05) is 45.3 Å². The average molecular weight is 434 g/mol. The summed E-state index contributed by atoms with van der Waals surface area (Å²) < 4.78 is 1.67. The number of fused-ring (bicyclic) bond motifs is 1. The quantitative estimate of drug-likeness (QED) is 0.658. The van der Waals surface area contributed by atoms with Crippen LogP contribution in [0.4, 0.5) is 0 Å². The summed E-state index contributed by atoms with van der Waals surface area (Å²) in [6, 6.07) is 10.0. The summed E-state index contributed by atoms with van der Waals surface area (Å²) in [4.78, 5) is 43.0. The normalized spacial score (nSPS) is 15.5. The fourth-order valence-electron chi connectivity index (χ4n) is 4.56. The Balaban J connectivity index is 1.69. The van der Waals surface area contributed by atoms with Crippen LogP contribution in [-0.4, -0.2) is 45.8 Å². The highest BCUT2D eigenvalue weighted by Crippen LogP contribution is 2.23. The Kier molecular flexibility index (Phi) is 6.88. The molecule has 0 bridgehead atoms. The highest BCUT2D eigenvalue weighted by molar-refractivity contribution is 5.96. The van der Waals surface area contributed by atoms with E-state index >= 15 is 0 Å². The molecule has 0 N–H and O–H groups in total. The number of carbonyl (C=O) groups is 2. The lowest BCUT2D eigenvalue weighted by atomic mass is 9.95. The molecule has 0 unspecified atom stereocenters. The van der Waals surface area contributed by atoms with Crippen LogP contribution in [0.3, 0.4) is 0 Å². The van der Waals surface area contributed by atoms with Gasteiger partial charge in [-0.1, -0.05) is 49.4 Å². The Hall–Kier alpha value is -3.15. The minimum absolute atomic E-state index is 0.134. The van der Waals surface area contributed by atoms with E-state index in [2.05, 4.69) is 6.08 Å². The molecule has 3 heterocycles. The minimum atomic E-state index is -0.215. The van der Waals surface area contributed by atoms with Crippen molar-refractivity contribution in [3.05, 3.63) is 81.3 Å².